The first kappa shape index (κ1) is 14.8. The lowest BCUT2D eigenvalue weighted by molar-refractivity contribution is -0.385. The van der Waals surface area contributed by atoms with Crippen molar-refractivity contribution in [2.45, 2.75) is 0 Å². The fraction of sp³-hybridized carbons (Fsp3) is 0.0625. The highest BCUT2D eigenvalue weighted by Gasteiger charge is 2.18. The van der Waals surface area contributed by atoms with E-state index in [0.29, 0.717) is 16.7 Å². The van der Waals surface area contributed by atoms with Gasteiger partial charge < -0.3 is 10.1 Å². The van der Waals surface area contributed by atoms with Crippen molar-refractivity contribution in [2.24, 2.45) is 0 Å². The molecule has 0 unspecified atom stereocenters. The van der Waals surface area contributed by atoms with Gasteiger partial charge in [-0.25, -0.2) is 9.97 Å². The second kappa shape index (κ2) is 5.71. The Hall–Kier alpha value is -3.75. The molecule has 0 saturated heterocycles. The highest BCUT2D eigenvalue weighted by Crippen LogP contribution is 2.34. The van der Waals surface area contributed by atoms with Gasteiger partial charge in [0, 0.05) is 23.2 Å². The van der Waals surface area contributed by atoms with Gasteiger partial charge in [-0.1, -0.05) is 0 Å². The minimum atomic E-state index is -0.493. The standard InChI is InChI=1S/C16H12N6O3/c1-25-15-6-13-11(5-14(15)22(23)24)16(18-8-17-13)20-10-2-3-12-9(4-10)7-19-21-12/h2-8H,1H3,(H,19,21)(H,17,18,20). The minimum Gasteiger partial charge on any atom is -0.490 e. The van der Waals surface area contributed by atoms with Crippen LogP contribution in [0, 0.1) is 10.1 Å². The van der Waals surface area contributed by atoms with Crippen LogP contribution in [0.15, 0.2) is 42.9 Å². The first-order valence-corrected chi connectivity index (χ1v) is 7.33. The molecule has 0 aliphatic heterocycles. The summed E-state index contributed by atoms with van der Waals surface area (Å²) in [6, 6.07) is 8.60. The molecule has 0 aliphatic rings. The van der Waals surface area contributed by atoms with Crippen LogP contribution in [0.25, 0.3) is 21.8 Å². The Morgan fingerprint density at radius 2 is 2.12 bits per heavy atom. The molecule has 0 atom stereocenters. The van der Waals surface area contributed by atoms with E-state index < -0.39 is 4.92 Å². The smallest absolute Gasteiger partial charge is 0.311 e. The van der Waals surface area contributed by atoms with Crippen LogP contribution in [0.5, 0.6) is 5.75 Å². The number of fused-ring (bicyclic) bond motifs is 2. The van der Waals surface area contributed by atoms with Gasteiger partial charge in [-0.15, -0.1) is 0 Å². The Bertz CT molecular complexity index is 1110. The fourth-order valence-electron chi connectivity index (χ4n) is 2.64. The maximum atomic E-state index is 11.3. The summed E-state index contributed by atoms with van der Waals surface area (Å²) in [5.41, 5.74) is 2.10. The SMILES string of the molecule is COc1cc2ncnc(Nc3ccc4[nH]ncc4c3)c2cc1[N+](=O)[O-]. The number of aromatic amines is 1. The molecule has 2 aromatic heterocycles. The van der Waals surface area contributed by atoms with E-state index >= 15 is 0 Å². The van der Waals surface area contributed by atoms with Crippen molar-refractivity contribution in [3.05, 3.63) is 53.0 Å². The van der Waals surface area contributed by atoms with Crippen molar-refractivity contribution < 1.29 is 9.66 Å². The molecule has 2 heterocycles. The number of H-pyrrole nitrogens is 1. The van der Waals surface area contributed by atoms with Gasteiger partial charge in [0.05, 0.1) is 34.6 Å². The molecule has 0 aliphatic carbocycles. The molecule has 9 heteroatoms. The van der Waals surface area contributed by atoms with Crippen LogP contribution in [0.3, 0.4) is 0 Å². The van der Waals surface area contributed by atoms with Crippen LogP contribution in [-0.4, -0.2) is 32.2 Å². The third-order valence-corrected chi connectivity index (χ3v) is 3.84. The van der Waals surface area contributed by atoms with Crippen molar-refractivity contribution in [1.29, 1.82) is 0 Å². The van der Waals surface area contributed by atoms with E-state index in [2.05, 4.69) is 25.5 Å². The highest BCUT2D eigenvalue weighted by molar-refractivity contribution is 5.94. The minimum absolute atomic E-state index is 0.141. The largest absolute Gasteiger partial charge is 0.490 e. The normalized spacial score (nSPS) is 10.9. The number of hydrogen-bond acceptors (Lipinski definition) is 7. The van der Waals surface area contributed by atoms with Crippen molar-refractivity contribution in [1.82, 2.24) is 20.2 Å². The molecule has 25 heavy (non-hydrogen) atoms. The third kappa shape index (κ3) is 2.57. The average molecular weight is 336 g/mol. The Morgan fingerprint density at radius 1 is 1.24 bits per heavy atom. The number of hydrogen-bond donors (Lipinski definition) is 2. The van der Waals surface area contributed by atoms with Crippen LogP contribution < -0.4 is 10.1 Å². The van der Waals surface area contributed by atoms with E-state index in [1.165, 1.54) is 25.6 Å². The Morgan fingerprint density at radius 3 is 2.92 bits per heavy atom. The number of nitrogens with one attached hydrogen (secondary N) is 2. The van der Waals surface area contributed by atoms with Crippen LogP contribution in [0.2, 0.25) is 0 Å². The molecule has 0 fully saturated rings. The lowest BCUT2D eigenvalue weighted by Crippen LogP contribution is -1.99. The van der Waals surface area contributed by atoms with E-state index in [4.69, 9.17) is 4.74 Å². The van der Waals surface area contributed by atoms with Crippen LogP contribution in [0.1, 0.15) is 0 Å². The molecule has 0 radical (unpaired) electrons. The molecule has 4 rings (SSSR count). The number of anilines is 2. The monoisotopic (exact) mass is 336 g/mol. The van der Waals surface area contributed by atoms with Gasteiger partial charge in [-0.2, -0.15) is 5.10 Å². The summed E-state index contributed by atoms with van der Waals surface area (Å²) in [6.45, 7) is 0. The molecular formula is C16H12N6O3. The number of rotatable bonds is 4. The molecule has 2 aromatic carbocycles. The predicted octanol–water partition coefficient (Wildman–Crippen LogP) is 3.17. The first-order chi connectivity index (χ1) is 12.2. The maximum Gasteiger partial charge on any atom is 0.311 e. The summed E-state index contributed by atoms with van der Waals surface area (Å²) < 4.78 is 5.08. The van der Waals surface area contributed by atoms with Crippen molar-refractivity contribution >= 4 is 39.0 Å². The molecule has 2 N–H and O–H groups in total. The number of nitro groups is 1. The summed E-state index contributed by atoms with van der Waals surface area (Å²) >= 11 is 0. The molecular weight excluding hydrogens is 324 g/mol. The first-order valence-electron chi connectivity index (χ1n) is 7.33. The van der Waals surface area contributed by atoms with Crippen LogP contribution in [-0.2, 0) is 0 Å². The number of ether oxygens (including phenoxy) is 1. The number of methoxy groups -OCH3 is 1. The van der Waals surface area contributed by atoms with Gasteiger partial charge in [0.2, 0.25) is 0 Å². The van der Waals surface area contributed by atoms with E-state index in [1.807, 2.05) is 18.2 Å². The van der Waals surface area contributed by atoms with E-state index in [1.54, 1.807) is 6.20 Å². The van der Waals surface area contributed by atoms with E-state index in [-0.39, 0.29) is 11.4 Å². The summed E-state index contributed by atoms with van der Waals surface area (Å²) in [6.07, 6.45) is 3.11. The molecule has 0 saturated carbocycles. The van der Waals surface area contributed by atoms with Gasteiger partial charge in [0.1, 0.15) is 12.1 Å². The highest BCUT2D eigenvalue weighted by atomic mass is 16.6. The maximum absolute atomic E-state index is 11.3. The number of nitro benzene ring substituents is 1. The Kier molecular flexibility index (Phi) is 3.38. The number of benzene rings is 2. The summed E-state index contributed by atoms with van der Waals surface area (Å²) in [5, 5.41) is 22.8. The zero-order chi connectivity index (χ0) is 17.4. The van der Waals surface area contributed by atoms with Crippen molar-refractivity contribution in [3.63, 3.8) is 0 Å². The quantitative estimate of drug-likeness (QED) is 0.434. The van der Waals surface area contributed by atoms with Crippen LogP contribution >= 0.6 is 0 Å². The van der Waals surface area contributed by atoms with Gasteiger partial charge in [0.15, 0.2) is 5.75 Å². The average Bonchev–Trinajstić information content (AvgIpc) is 3.08. The topological polar surface area (TPSA) is 119 Å². The second-order valence-electron chi connectivity index (χ2n) is 5.32. The Balaban J connectivity index is 1.83. The lowest BCUT2D eigenvalue weighted by Gasteiger charge is -2.09. The molecule has 0 bridgehead atoms. The molecule has 0 spiro atoms. The zero-order valence-corrected chi connectivity index (χ0v) is 13.1. The van der Waals surface area contributed by atoms with E-state index in [0.717, 1.165) is 16.6 Å². The molecule has 0 amide bonds. The van der Waals surface area contributed by atoms with Gasteiger partial charge in [-0.3, -0.25) is 15.2 Å². The van der Waals surface area contributed by atoms with Crippen molar-refractivity contribution in [2.75, 3.05) is 12.4 Å². The lowest BCUT2D eigenvalue weighted by atomic mass is 10.2. The van der Waals surface area contributed by atoms with E-state index in [9.17, 15) is 10.1 Å². The molecule has 124 valence electrons. The number of aromatic nitrogens is 4. The zero-order valence-electron chi connectivity index (χ0n) is 13.1. The second-order valence-corrected chi connectivity index (χ2v) is 5.32. The number of nitrogens with zero attached hydrogens (tertiary/aromatic N) is 4. The fourth-order valence-corrected chi connectivity index (χ4v) is 2.64. The molecule has 9 nitrogen and oxygen atoms in total. The van der Waals surface area contributed by atoms with Gasteiger partial charge in [-0.05, 0) is 18.2 Å². The van der Waals surface area contributed by atoms with Crippen molar-refractivity contribution in [3.8, 4) is 5.75 Å². The predicted molar refractivity (Wildman–Crippen MR) is 92.1 cm³/mol. The summed E-state index contributed by atoms with van der Waals surface area (Å²) in [5.74, 6) is 0.626. The van der Waals surface area contributed by atoms with Gasteiger partial charge in [0.25, 0.3) is 0 Å². The summed E-state index contributed by atoms with van der Waals surface area (Å²) in [4.78, 5) is 19.2. The molecule has 4 aromatic rings. The van der Waals surface area contributed by atoms with Crippen LogP contribution in [0.4, 0.5) is 17.2 Å². The van der Waals surface area contributed by atoms with Gasteiger partial charge >= 0.3 is 5.69 Å². The summed E-state index contributed by atoms with van der Waals surface area (Å²) in [7, 11) is 1.38. The Labute approximate surface area is 140 Å². The third-order valence-electron chi connectivity index (χ3n) is 3.84.